The Kier molecular flexibility index (Phi) is 5.48. The summed E-state index contributed by atoms with van der Waals surface area (Å²) in [5.74, 6) is 0. The van der Waals surface area contributed by atoms with Crippen molar-refractivity contribution in [3.63, 3.8) is 0 Å². The van der Waals surface area contributed by atoms with Crippen LogP contribution in [0.4, 0.5) is 18.3 Å². The Hall–Kier alpha value is -1.10. The predicted molar refractivity (Wildman–Crippen MR) is 85.7 cm³/mol. The molecular weight excluding hydrogens is 385 g/mol. The third kappa shape index (κ3) is 4.50. The minimum absolute atomic E-state index is 0.0705. The van der Waals surface area contributed by atoms with Gasteiger partial charge in [-0.3, -0.25) is 0 Å². The molecule has 130 valence electrons. The van der Waals surface area contributed by atoms with Crippen molar-refractivity contribution in [1.82, 2.24) is 15.2 Å². The molecule has 2 aromatic heterocycles. The fourth-order valence-electron chi connectivity index (χ4n) is 2.07. The number of aromatic nitrogens is 3. The zero-order chi connectivity index (χ0) is 17.2. The van der Waals surface area contributed by atoms with Crippen LogP contribution in [0, 0.1) is 0 Å². The van der Waals surface area contributed by atoms with Crippen molar-refractivity contribution in [3.05, 3.63) is 22.8 Å². The Labute approximate surface area is 149 Å². The third-order valence-corrected chi connectivity index (χ3v) is 5.58. The van der Waals surface area contributed by atoms with Gasteiger partial charge in [0.25, 0.3) is 0 Å². The van der Waals surface area contributed by atoms with Crippen LogP contribution in [0.1, 0.15) is 18.4 Å². The molecule has 1 aliphatic rings. The molecule has 1 fully saturated rings. The molecule has 0 saturated carbocycles. The molecule has 0 bridgehead atoms. The summed E-state index contributed by atoms with van der Waals surface area (Å²) in [5.41, 5.74) is -0.881. The lowest BCUT2D eigenvalue weighted by Gasteiger charge is -2.08. The highest BCUT2D eigenvalue weighted by molar-refractivity contribution is 8.01. The van der Waals surface area contributed by atoms with E-state index in [1.54, 1.807) is 0 Å². The SMILES string of the molecule is FC(F)(F)c1cnc(Sc2nnc(NC[C@H]3CCCO3)s2)c(Cl)c1. The Balaban J connectivity index is 1.62. The van der Waals surface area contributed by atoms with Crippen LogP contribution in [0.5, 0.6) is 0 Å². The van der Waals surface area contributed by atoms with Gasteiger partial charge in [0.15, 0.2) is 4.34 Å². The zero-order valence-corrected chi connectivity index (χ0v) is 14.5. The summed E-state index contributed by atoms with van der Waals surface area (Å²) >= 11 is 8.24. The van der Waals surface area contributed by atoms with Crippen LogP contribution in [0.3, 0.4) is 0 Å². The van der Waals surface area contributed by atoms with E-state index in [0.717, 1.165) is 43.5 Å². The standard InChI is InChI=1S/C13H12ClF3N4OS2/c14-9-4-7(13(15,16)17)5-18-10(9)23-12-21-20-11(24-12)19-6-8-2-1-3-22-8/h4-5,8H,1-3,6H2,(H,19,20)/t8-/m1/s1. The predicted octanol–water partition coefficient (Wildman–Crippen LogP) is 4.35. The summed E-state index contributed by atoms with van der Waals surface area (Å²) in [6.07, 6.45) is -1.47. The van der Waals surface area contributed by atoms with Crippen molar-refractivity contribution in [1.29, 1.82) is 0 Å². The molecule has 3 rings (SSSR count). The average molecular weight is 397 g/mol. The maximum atomic E-state index is 12.6. The average Bonchev–Trinajstić information content (AvgIpc) is 3.17. The maximum absolute atomic E-state index is 12.6. The fourth-order valence-corrected chi connectivity index (χ4v) is 3.98. The minimum Gasteiger partial charge on any atom is -0.376 e. The zero-order valence-electron chi connectivity index (χ0n) is 12.1. The largest absolute Gasteiger partial charge is 0.417 e. The fraction of sp³-hybridized carbons (Fsp3) is 0.462. The van der Waals surface area contributed by atoms with E-state index in [2.05, 4.69) is 20.5 Å². The van der Waals surface area contributed by atoms with Gasteiger partial charge in [-0.05, 0) is 30.7 Å². The van der Waals surface area contributed by atoms with Gasteiger partial charge in [0.2, 0.25) is 5.13 Å². The van der Waals surface area contributed by atoms with Gasteiger partial charge in [-0.1, -0.05) is 22.9 Å². The van der Waals surface area contributed by atoms with E-state index in [1.807, 2.05) is 0 Å². The van der Waals surface area contributed by atoms with E-state index >= 15 is 0 Å². The molecule has 24 heavy (non-hydrogen) atoms. The molecular formula is C13H12ClF3N4OS2. The number of anilines is 1. The summed E-state index contributed by atoms with van der Waals surface area (Å²) < 4.78 is 43.8. The molecule has 0 amide bonds. The van der Waals surface area contributed by atoms with Gasteiger partial charge in [-0.25, -0.2) is 4.98 Å². The van der Waals surface area contributed by atoms with Crippen LogP contribution in [0.15, 0.2) is 21.6 Å². The van der Waals surface area contributed by atoms with Crippen LogP contribution in [0.25, 0.3) is 0 Å². The van der Waals surface area contributed by atoms with Gasteiger partial charge in [0, 0.05) is 19.3 Å². The van der Waals surface area contributed by atoms with E-state index < -0.39 is 11.7 Å². The Morgan fingerprint density at radius 2 is 2.25 bits per heavy atom. The molecule has 2 aromatic rings. The molecule has 0 aromatic carbocycles. The number of halogens is 4. The molecule has 0 aliphatic carbocycles. The van der Waals surface area contributed by atoms with Crippen molar-refractivity contribution < 1.29 is 17.9 Å². The van der Waals surface area contributed by atoms with Gasteiger partial charge in [0.1, 0.15) is 5.03 Å². The van der Waals surface area contributed by atoms with Gasteiger partial charge >= 0.3 is 6.18 Å². The monoisotopic (exact) mass is 396 g/mol. The molecule has 0 unspecified atom stereocenters. The molecule has 1 aliphatic heterocycles. The number of hydrogen-bond donors (Lipinski definition) is 1. The van der Waals surface area contributed by atoms with E-state index in [9.17, 15) is 13.2 Å². The van der Waals surface area contributed by atoms with Crippen molar-refractivity contribution >= 4 is 39.8 Å². The first kappa shape index (κ1) is 17.7. The number of rotatable bonds is 5. The Morgan fingerprint density at radius 1 is 1.42 bits per heavy atom. The van der Waals surface area contributed by atoms with E-state index in [4.69, 9.17) is 16.3 Å². The second-order valence-electron chi connectivity index (χ2n) is 5.00. The van der Waals surface area contributed by atoms with Crippen molar-refractivity contribution in [3.8, 4) is 0 Å². The lowest BCUT2D eigenvalue weighted by molar-refractivity contribution is -0.137. The summed E-state index contributed by atoms with van der Waals surface area (Å²) in [7, 11) is 0. The first-order valence-corrected chi connectivity index (χ1v) is 9.02. The molecule has 1 N–H and O–H groups in total. The van der Waals surface area contributed by atoms with Crippen molar-refractivity contribution in [2.45, 2.75) is 34.5 Å². The topological polar surface area (TPSA) is 59.9 Å². The minimum atomic E-state index is -4.47. The molecule has 5 nitrogen and oxygen atoms in total. The second kappa shape index (κ2) is 7.42. The van der Waals surface area contributed by atoms with Crippen LogP contribution >= 0.6 is 34.7 Å². The van der Waals surface area contributed by atoms with E-state index in [1.165, 1.54) is 11.3 Å². The van der Waals surface area contributed by atoms with E-state index in [0.29, 0.717) is 16.0 Å². The van der Waals surface area contributed by atoms with Gasteiger partial charge < -0.3 is 10.1 Å². The quantitative estimate of drug-likeness (QED) is 0.810. The Bertz CT molecular complexity index is 707. The van der Waals surface area contributed by atoms with Crippen molar-refractivity contribution in [2.24, 2.45) is 0 Å². The summed E-state index contributed by atoms with van der Waals surface area (Å²) in [4.78, 5) is 3.77. The highest BCUT2D eigenvalue weighted by Crippen LogP contribution is 2.37. The smallest absolute Gasteiger partial charge is 0.376 e. The molecule has 3 heterocycles. The van der Waals surface area contributed by atoms with Crippen LogP contribution < -0.4 is 5.32 Å². The molecule has 0 spiro atoms. The number of pyridine rings is 1. The van der Waals surface area contributed by atoms with Crippen molar-refractivity contribution in [2.75, 3.05) is 18.5 Å². The van der Waals surface area contributed by atoms with Gasteiger partial charge in [-0.2, -0.15) is 13.2 Å². The van der Waals surface area contributed by atoms with Gasteiger partial charge in [0.05, 0.1) is 16.7 Å². The highest BCUT2D eigenvalue weighted by atomic mass is 35.5. The number of hydrogen-bond acceptors (Lipinski definition) is 7. The molecule has 1 atom stereocenters. The van der Waals surface area contributed by atoms with Gasteiger partial charge in [-0.15, -0.1) is 10.2 Å². The Morgan fingerprint density at radius 3 is 2.92 bits per heavy atom. The number of ether oxygens (including phenoxy) is 1. The van der Waals surface area contributed by atoms with Crippen LogP contribution in [-0.2, 0) is 10.9 Å². The van der Waals surface area contributed by atoms with E-state index in [-0.39, 0.29) is 16.2 Å². The molecule has 1 saturated heterocycles. The normalized spacial score (nSPS) is 18.1. The number of alkyl halides is 3. The lowest BCUT2D eigenvalue weighted by Crippen LogP contribution is -2.18. The molecule has 0 radical (unpaired) electrons. The molecule has 11 heteroatoms. The first-order chi connectivity index (χ1) is 11.4. The number of nitrogens with zero attached hydrogens (tertiary/aromatic N) is 3. The summed E-state index contributed by atoms with van der Waals surface area (Å²) in [6, 6.07) is 0.856. The van der Waals surface area contributed by atoms with Crippen LogP contribution in [0.2, 0.25) is 5.02 Å². The van der Waals surface area contributed by atoms with Crippen LogP contribution in [-0.4, -0.2) is 34.4 Å². The summed E-state index contributed by atoms with van der Waals surface area (Å²) in [6.45, 7) is 1.43. The summed E-state index contributed by atoms with van der Waals surface area (Å²) in [5, 5.41) is 11.9. The highest BCUT2D eigenvalue weighted by Gasteiger charge is 2.31. The first-order valence-electron chi connectivity index (χ1n) is 7.01. The number of nitrogens with one attached hydrogen (secondary N) is 1. The lowest BCUT2D eigenvalue weighted by atomic mass is 10.2. The maximum Gasteiger partial charge on any atom is 0.417 e. The third-order valence-electron chi connectivity index (χ3n) is 3.23. The second-order valence-corrected chi connectivity index (χ2v) is 7.62.